The molecule has 3 N–H and O–H groups in total. The van der Waals surface area contributed by atoms with Crippen molar-refractivity contribution in [1.29, 1.82) is 0 Å². The molecular formula is C19H30N2O3. The molecule has 0 spiro atoms. The molecule has 0 atom stereocenters. The fraction of sp³-hybridized carbons (Fsp3) is 0.632. The summed E-state index contributed by atoms with van der Waals surface area (Å²) in [6.45, 7) is 4.72. The average molecular weight is 334 g/mol. The normalized spacial score (nSPS) is 17.2. The van der Waals surface area contributed by atoms with E-state index in [0.717, 1.165) is 31.2 Å². The number of amides is 1. The molecule has 0 bridgehead atoms. The van der Waals surface area contributed by atoms with Gasteiger partial charge in [0.15, 0.2) is 11.5 Å². The van der Waals surface area contributed by atoms with Crippen molar-refractivity contribution >= 4 is 5.91 Å². The fourth-order valence-electron chi connectivity index (χ4n) is 3.25. The molecule has 24 heavy (non-hydrogen) atoms. The van der Waals surface area contributed by atoms with Crippen molar-refractivity contribution in [3.63, 3.8) is 0 Å². The summed E-state index contributed by atoms with van der Waals surface area (Å²) in [6, 6.07) is 5.86. The van der Waals surface area contributed by atoms with E-state index in [0.29, 0.717) is 18.0 Å². The quantitative estimate of drug-likeness (QED) is 0.839. The van der Waals surface area contributed by atoms with E-state index < -0.39 is 5.54 Å². The molecule has 5 nitrogen and oxygen atoms in total. The van der Waals surface area contributed by atoms with Gasteiger partial charge in [-0.05, 0) is 30.5 Å². The number of hydrogen-bond donors (Lipinski definition) is 2. The summed E-state index contributed by atoms with van der Waals surface area (Å²) in [5.74, 6) is 1.36. The number of methoxy groups -OCH3 is 2. The summed E-state index contributed by atoms with van der Waals surface area (Å²) in [5.41, 5.74) is 6.45. The first-order valence-electron chi connectivity index (χ1n) is 8.62. The molecule has 1 amide bonds. The third kappa shape index (κ3) is 4.01. The van der Waals surface area contributed by atoms with E-state index in [1.54, 1.807) is 14.2 Å². The van der Waals surface area contributed by atoms with Crippen LogP contribution in [0.25, 0.3) is 0 Å². The number of carbonyl (C=O) groups excluding carboxylic acids is 1. The second-order valence-corrected chi connectivity index (χ2v) is 7.35. The molecule has 0 unspecified atom stereocenters. The van der Waals surface area contributed by atoms with Gasteiger partial charge in [0.05, 0.1) is 19.8 Å². The second kappa shape index (κ2) is 7.43. The molecule has 1 fully saturated rings. The Morgan fingerprint density at radius 1 is 1.17 bits per heavy atom. The molecular weight excluding hydrogens is 304 g/mol. The van der Waals surface area contributed by atoms with Gasteiger partial charge in [-0.15, -0.1) is 0 Å². The molecule has 0 aromatic heterocycles. The number of ether oxygens (including phenoxy) is 2. The zero-order chi connectivity index (χ0) is 17.8. The van der Waals surface area contributed by atoms with Crippen LogP contribution in [0.2, 0.25) is 0 Å². The molecule has 1 aliphatic rings. The van der Waals surface area contributed by atoms with Crippen molar-refractivity contribution < 1.29 is 14.3 Å². The Hall–Kier alpha value is -1.75. The Balaban J connectivity index is 2.06. The summed E-state index contributed by atoms with van der Waals surface area (Å²) in [7, 11) is 3.24. The molecule has 5 heteroatoms. The Morgan fingerprint density at radius 3 is 2.38 bits per heavy atom. The number of hydrogen-bond acceptors (Lipinski definition) is 4. The maximum absolute atomic E-state index is 12.5. The Bertz CT molecular complexity index is 578. The molecule has 1 aromatic carbocycles. The van der Waals surface area contributed by atoms with Gasteiger partial charge in [0.2, 0.25) is 5.91 Å². The van der Waals surface area contributed by atoms with Crippen LogP contribution >= 0.6 is 0 Å². The van der Waals surface area contributed by atoms with E-state index in [2.05, 4.69) is 19.2 Å². The van der Waals surface area contributed by atoms with Gasteiger partial charge in [0.25, 0.3) is 0 Å². The first-order chi connectivity index (χ1) is 11.3. The van der Waals surface area contributed by atoms with Gasteiger partial charge in [-0.1, -0.05) is 39.2 Å². The van der Waals surface area contributed by atoms with Gasteiger partial charge < -0.3 is 20.5 Å². The smallest absolute Gasteiger partial charge is 0.240 e. The molecule has 134 valence electrons. The van der Waals surface area contributed by atoms with Crippen LogP contribution < -0.4 is 20.5 Å². The Kier molecular flexibility index (Phi) is 5.75. The minimum Gasteiger partial charge on any atom is -0.493 e. The van der Waals surface area contributed by atoms with Crippen LogP contribution in [0, 0.1) is 0 Å². The van der Waals surface area contributed by atoms with Crippen LogP contribution in [0.5, 0.6) is 11.5 Å². The van der Waals surface area contributed by atoms with E-state index in [1.807, 2.05) is 18.2 Å². The first kappa shape index (κ1) is 18.6. The van der Waals surface area contributed by atoms with Gasteiger partial charge in [-0.3, -0.25) is 4.79 Å². The predicted octanol–water partition coefficient (Wildman–Crippen LogP) is 2.76. The Labute approximate surface area is 144 Å². The average Bonchev–Trinajstić information content (AvgIpc) is 2.59. The highest BCUT2D eigenvalue weighted by Gasteiger charge is 2.36. The maximum Gasteiger partial charge on any atom is 0.240 e. The lowest BCUT2D eigenvalue weighted by Gasteiger charge is -2.34. The number of nitrogens with one attached hydrogen (secondary N) is 1. The van der Waals surface area contributed by atoms with Gasteiger partial charge >= 0.3 is 0 Å². The van der Waals surface area contributed by atoms with E-state index >= 15 is 0 Å². The van der Waals surface area contributed by atoms with E-state index in [9.17, 15) is 4.79 Å². The van der Waals surface area contributed by atoms with E-state index in [-0.39, 0.29) is 11.3 Å². The highest BCUT2D eigenvalue weighted by Crippen LogP contribution is 2.33. The van der Waals surface area contributed by atoms with Gasteiger partial charge in [-0.25, -0.2) is 0 Å². The van der Waals surface area contributed by atoms with Crippen molar-refractivity contribution in [2.75, 3.05) is 20.8 Å². The lowest BCUT2D eigenvalue weighted by molar-refractivity contribution is -0.127. The van der Waals surface area contributed by atoms with Crippen LogP contribution in [0.3, 0.4) is 0 Å². The first-order valence-corrected chi connectivity index (χ1v) is 8.62. The summed E-state index contributed by atoms with van der Waals surface area (Å²) in [5, 5.41) is 3.06. The highest BCUT2D eigenvalue weighted by molar-refractivity contribution is 5.86. The van der Waals surface area contributed by atoms with Crippen molar-refractivity contribution in [3.8, 4) is 11.5 Å². The fourth-order valence-corrected chi connectivity index (χ4v) is 3.25. The zero-order valence-electron chi connectivity index (χ0n) is 15.3. The van der Waals surface area contributed by atoms with Crippen LogP contribution in [0.1, 0.15) is 51.5 Å². The molecule has 0 aliphatic heterocycles. The number of carbonyl (C=O) groups is 1. The van der Waals surface area contributed by atoms with E-state index in [1.165, 1.54) is 6.42 Å². The van der Waals surface area contributed by atoms with Crippen molar-refractivity contribution in [2.45, 2.75) is 56.9 Å². The van der Waals surface area contributed by atoms with Gasteiger partial charge in [0, 0.05) is 12.0 Å². The number of rotatable bonds is 6. The summed E-state index contributed by atoms with van der Waals surface area (Å²) >= 11 is 0. The summed E-state index contributed by atoms with van der Waals surface area (Å²) in [4.78, 5) is 12.5. The second-order valence-electron chi connectivity index (χ2n) is 7.35. The van der Waals surface area contributed by atoms with Crippen LogP contribution in [0.15, 0.2) is 18.2 Å². The number of nitrogens with two attached hydrogens (primary N) is 1. The summed E-state index contributed by atoms with van der Waals surface area (Å²) in [6.07, 6.45) is 4.78. The lowest BCUT2D eigenvalue weighted by Crippen LogP contribution is -2.56. The molecule has 2 rings (SSSR count). The predicted molar refractivity (Wildman–Crippen MR) is 95.6 cm³/mol. The third-order valence-electron chi connectivity index (χ3n) is 5.05. The third-order valence-corrected chi connectivity index (χ3v) is 5.05. The molecule has 1 aromatic rings. The lowest BCUT2D eigenvalue weighted by atomic mass is 9.80. The monoisotopic (exact) mass is 334 g/mol. The van der Waals surface area contributed by atoms with Crippen LogP contribution in [-0.4, -0.2) is 32.2 Å². The minimum absolute atomic E-state index is 0.0317. The zero-order valence-corrected chi connectivity index (χ0v) is 15.3. The summed E-state index contributed by atoms with van der Waals surface area (Å²) < 4.78 is 10.7. The SMILES string of the molecule is COc1ccc(C(C)(C)CNC(=O)C2(N)CCCCC2)cc1OC. The van der Waals surface area contributed by atoms with E-state index in [4.69, 9.17) is 15.2 Å². The molecule has 1 aliphatic carbocycles. The van der Waals surface area contributed by atoms with Crippen molar-refractivity contribution in [3.05, 3.63) is 23.8 Å². The largest absolute Gasteiger partial charge is 0.493 e. The Morgan fingerprint density at radius 2 is 1.79 bits per heavy atom. The molecule has 1 saturated carbocycles. The van der Waals surface area contributed by atoms with Crippen LogP contribution in [-0.2, 0) is 10.2 Å². The minimum atomic E-state index is -0.702. The maximum atomic E-state index is 12.5. The highest BCUT2D eigenvalue weighted by atomic mass is 16.5. The van der Waals surface area contributed by atoms with Crippen molar-refractivity contribution in [1.82, 2.24) is 5.32 Å². The van der Waals surface area contributed by atoms with Crippen LogP contribution in [0.4, 0.5) is 0 Å². The molecule has 0 radical (unpaired) electrons. The molecule has 0 saturated heterocycles. The standard InChI is InChI=1S/C19H30N2O3/c1-18(2,14-8-9-15(23-3)16(12-14)24-4)13-21-17(22)19(20)10-6-5-7-11-19/h8-9,12H,5-7,10-11,13,20H2,1-4H3,(H,21,22). The van der Waals surface area contributed by atoms with Gasteiger partial charge in [0.1, 0.15) is 0 Å². The number of benzene rings is 1. The topological polar surface area (TPSA) is 73.6 Å². The molecule has 0 heterocycles. The van der Waals surface area contributed by atoms with Crippen molar-refractivity contribution in [2.24, 2.45) is 5.73 Å². The van der Waals surface area contributed by atoms with Gasteiger partial charge in [-0.2, -0.15) is 0 Å².